The second kappa shape index (κ2) is 5.23. The van der Waals surface area contributed by atoms with Gasteiger partial charge in [-0.2, -0.15) is 4.98 Å². The van der Waals surface area contributed by atoms with E-state index in [2.05, 4.69) is 36.6 Å². The van der Waals surface area contributed by atoms with Gasteiger partial charge in [-0.05, 0) is 28.1 Å². The Kier molecular flexibility index (Phi) is 3.68. The van der Waals surface area contributed by atoms with Gasteiger partial charge >= 0.3 is 0 Å². The molecule has 0 unspecified atom stereocenters. The van der Waals surface area contributed by atoms with Crippen molar-refractivity contribution in [3.63, 3.8) is 0 Å². The average Bonchev–Trinajstić information content (AvgIpc) is 2.36. The number of hydrazine groups is 1. The highest BCUT2D eigenvalue weighted by Gasteiger charge is 2.07. The predicted molar refractivity (Wildman–Crippen MR) is 67.2 cm³/mol. The Bertz CT molecular complexity index is 578. The molecule has 0 aliphatic heterocycles. The summed E-state index contributed by atoms with van der Waals surface area (Å²) in [5.74, 6) is 3.90. The van der Waals surface area contributed by atoms with Gasteiger partial charge < -0.3 is 5.32 Å². The fourth-order valence-electron chi connectivity index (χ4n) is 1.23. The van der Waals surface area contributed by atoms with Crippen molar-refractivity contribution >= 4 is 33.4 Å². The molecule has 0 amide bonds. The van der Waals surface area contributed by atoms with Crippen LogP contribution in [-0.2, 0) is 0 Å². The largest absolute Gasteiger partial charge is 0.339 e. The van der Waals surface area contributed by atoms with E-state index in [0.29, 0.717) is 16.0 Å². The van der Waals surface area contributed by atoms with Crippen molar-refractivity contribution in [2.24, 2.45) is 5.84 Å². The zero-order valence-electron chi connectivity index (χ0n) is 8.92. The van der Waals surface area contributed by atoms with Crippen LogP contribution < -0.4 is 16.6 Å². The molecule has 0 bridgehead atoms. The standard InChI is InChI=1S/C10H8BrF2N5/c11-6-4-15-10(18-14)17-9(6)16-5-1-2-7(12)8(13)3-5/h1-4H,14H2,(H2,15,16,17,18). The Hall–Kier alpha value is -1.80. The Morgan fingerprint density at radius 1 is 1.22 bits per heavy atom. The third-order valence-corrected chi connectivity index (χ3v) is 2.64. The van der Waals surface area contributed by atoms with Crippen LogP contribution >= 0.6 is 15.9 Å². The molecule has 5 nitrogen and oxygen atoms in total. The number of hydrogen-bond acceptors (Lipinski definition) is 5. The smallest absolute Gasteiger partial charge is 0.239 e. The van der Waals surface area contributed by atoms with Crippen LogP contribution in [0, 0.1) is 11.6 Å². The number of aromatic nitrogens is 2. The van der Waals surface area contributed by atoms with Crippen molar-refractivity contribution in [3.05, 3.63) is 40.5 Å². The van der Waals surface area contributed by atoms with Crippen LogP contribution in [0.4, 0.5) is 26.2 Å². The summed E-state index contributed by atoms with van der Waals surface area (Å²) in [5, 5.41) is 2.81. The van der Waals surface area contributed by atoms with Gasteiger partial charge in [-0.15, -0.1) is 0 Å². The van der Waals surface area contributed by atoms with Gasteiger partial charge in [0.15, 0.2) is 11.6 Å². The molecule has 0 spiro atoms. The SMILES string of the molecule is NNc1ncc(Br)c(Nc2ccc(F)c(F)c2)n1. The maximum Gasteiger partial charge on any atom is 0.239 e. The molecule has 0 fully saturated rings. The van der Waals surface area contributed by atoms with Gasteiger partial charge in [0.25, 0.3) is 0 Å². The lowest BCUT2D eigenvalue weighted by atomic mass is 10.3. The number of nitrogens with one attached hydrogen (secondary N) is 2. The first-order valence-electron chi connectivity index (χ1n) is 4.81. The topological polar surface area (TPSA) is 75.9 Å². The van der Waals surface area contributed by atoms with Crippen molar-refractivity contribution in [2.75, 3.05) is 10.7 Å². The molecule has 0 aliphatic rings. The maximum atomic E-state index is 13.0. The van der Waals surface area contributed by atoms with Gasteiger partial charge in [-0.25, -0.2) is 19.6 Å². The van der Waals surface area contributed by atoms with E-state index in [4.69, 9.17) is 5.84 Å². The number of nitrogen functional groups attached to an aromatic ring is 1. The first kappa shape index (κ1) is 12.7. The van der Waals surface area contributed by atoms with Crippen molar-refractivity contribution in [3.8, 4) is 0 Å². The predicted octanol–water partition coefficient (Wildman–Crippen LogP) is 2.55. The fraction of sp³-hybridized carbons (Fsp3) is 0. The lowest BCUT2D eigenvalue weighted by Crippen LogP contribution is -2.11. The minimum Gasteiger partial charge on any atom is -0.339 e. The summed E-state index contributed by atoms with van der Waals surface area (Å²) in [6.45, 7) is 0. The molecule has 0 aliphatic carbocycles. The second-order valence-electron chi connectivity index (χ2n) is 3.29. The Labute approximate surface area is 110 Å². The van der Waals surface area contributed by atoms with Crippen LogP contribution in [-0.4, -0.2) is 9.97 Å². The number of halogens is 3. The molecule has 0 saturated heterocycles. The van der Waals surface area contributed by atoms with Crippen molar-refractivity contribution < 1.29 is 8.78 Å². The van der Waals surface area contributed by atoms with Crippen LogP contribution in [0.3, 0.4) is 0 Å². The van der Waals surface area contributed by atoms with Gasteiger partial charge in [-0.3, -0.25) is 5.43 Å². The molecule has 0 atom stereocenters. The highest BCUT2D eigenvalue weighted by atomic mass is 79.9. The minimum absolute atomic E-state index is 0.197. The summed E-state index contributed by atoms with van der Waals surface area (Å²) in [4.78, 5) is 7.88. The van der Waals surface area contributed by atoms with Gasteiger partial charge in [0, 0.05) is 18.0 Å². The molecular formula is C10H8BrF2N5. The van der Waals surface area contributed by atoms with E-state index in [0.717, 1.165) is 12.1 Å². The lowest BCUT2D eigenvalue weighted by molar-refractivity contribution is 0.509. The second-order valence-corrected chi connectivity index (χ2v) is 4.14. The van der Waals surface area contributed by atoms with Gasteiger partial charge in [-0.1, -0.05) is 0 Å². The van der Waals surface area contributed by atoms with E-state index < -0.39 is 11.6 Å². The molecule has 2 rings (SSSR count). The Balaban J connectivity index is 2.30. The normalized spacial score (nSPS) is 10.2. The summed E-state index contributed by atoms with van der Waals surface area (Å²) in [7, 11) is 0. The molecule has 18 heavy (non-hydrogen) atoms. The summed E-state index contributed by atoms with van der Waals surface area (Å²) in [6, 6.07) is 3.44. The van der Waals surface area contributed by atoms with Crippen molar-refractivity contribution in [2.45, 2.75) is 0 Å². The highest BCUT2D eigenvalue weighted by molar-refractivity contribution is 9.10. The number of benzene rings is 1. The third kappa shape index (κ3) is 2.71. The van der Waals surface area contributed by atoms with Gasteiger partial charge in [0.1, 0.15) is 5.82 Å². The van der Waals surface area contributed by atoms with Crippen molar-refractivity contribution in [1.82, 2.24) is 9.97 Å². The Morgan fingerprint density at radius 2 is 2.00 bits per heavy atom. The van der Waals surface area contributed by atoms with E-state index >= 15 is 0 Å². The molecule has 8 heteroatoms. The summed E-state index contributed by atoms with van der Waals surface area (Å²) in [5.41, 5.74) is 2.64. The molecule has 4 N–H and O–H groups in total. The summed E-state index contributed by atoms with van der Waals surface area (Å²) in [6.07, 6.45) is 1.48. The number of nitrogens with zero attached hydrogens (tertiary/aromatic N) is 2. The first-order valence-corrected chi connectivity index (χ1v) is 5.60. The fourth-order valence-corrected chi connectivity index (χ4v) is 1.53. The highest BCUT2D eigenvalue weighted by Crippen LogP contribution is 2.24. The molecule has 1 heterocycles. The van der Waals surface area contributed by atoms with Crippen LogP contribution in [0.5, 0.6) is 0 Å². The molecule has 0 saturated carbocycles. The van der Waals surface area contributed by atoms with Crippen LogP contribution in [0.25, 0.3) is 0 Å². The van der Waals surface area contributed by atoms with Crippen LogP contribution in [0.1, 0.15) is 0 Å². The molecule has 94 valence electrons. The first-order chi connectivity index (χ1) is 8.60. The average molecular weight is 316 g/mol. The van der Waals surface area contributed by atoms with Crippen molar-refractivity contribution in [1.29, 1.82) is 0 Å². The number of hydrogen-bond donors (Lipinski definition) is 3. The van der Waals surface area contributed by atoms with Crippen LogP contribution in [0.15, 0.2) is 28.9 Å². The third-order valence-electron chi connectivity index (χ3n) is 2.06. The maximum absolute atomic E-state index is 13.0. The van der Waals surface area contributed by atoms with Gasteiger partial charge in [0.2, 0.25) is 5.95 Å². The minimum atomic E-state index is -0.942. The van der Waals surface area contributed by atoms with E-state index in [1.165, 1.54) is 12.3 Å². The quantitative estimate of drug-likeness (QED) is 0.599. The van der Waals surface area contributed by atoms with E-state index in [9.17, 15) is 8.78 Å². The number of rotatable bonds is 3. The summed E-state index contributed by atoms with van der Waals surface area (Å²) < 4.78 is 26.4. The zero-order chi connectivity index (χ0) is 13.1. The molecule has 1 aromatic carbocycles. The van der Waals surface area contributed by atoms with E-state index in [1.54, 1.807) is 0 Å². The van der Waals surface area contributed by atoms with E-state index in [-0.39, 0.29) is 5.95 Å². The summed E-state index contributed by atoms with van der Waals surface area (Å²) >= 11 is 3.23. The lowest BCUT2D eigenvalue weighted by Gasteiger charge is -2.08. The van der Waals surface area contributed by atoms with Crippen LogP contribution in [0.2, 0.25) is 0 Å². The number of nitrogens with two attached hydrogens (primary N) is 1. The Morgan fingerprint density at radius 3 is 2.67 bits per heavy atom. The molecule has 1 aromatic heterocycles. The molecular weight excluding hydrogens is 308 g/mol. The monoisotopic (exact) mass is 315 g/mol. The molecule has 2 aromatic rings. The van der Waals surface area contributed by atoms with Gasteiger partial charge in [0.05, 0.1) is 4.47 Å². The zero-order valence-corrected chi connectivity index (χ0v) is 10.5. The molecule has 0 radical (unpaired) electrons. The van der Waals surface area contributed by atoms with E-state index in [1.807, 2.05) is 0 Å². The number of anilines is 3.